The van der Waals surface area contributed by atoms with Gasteiger partial charge in [0.05, 0.1) is 18.3 Å². The van der Waals surface area contributed by atoms with E-state index in [1.807, 2.05) is 37.6 Å². The first kappa shape index (κ1) is 19.8. The number of carbonyl (C=O) groups is 2. The molecule has 4 rings (SSSR count). The maximum atomic E-state index is 12.5. The van der Waals surface area contributed by atoms with Crippen LogP contribution in [-0.2, 0) is 15.2 Å². The molecule has 0 bridgehead atoms. The third kappa shape index (κ3) is 3.73. The van der Waals surface area contributed by atoms with E-state index in [1.165, 1.54) is 4.90 Å². The van der Waals surface area contributed by atoms with Crippen LogP contribution in [0, 0.1) is 0 Å². The van der Waals surface area contributed by atoms with Gasteiger partial charge in [0.15, 0.2) is 5.69 Å². The van der Waals surface area contributed by atoms with Gasteiger partial charge in [0.25, 0.3) is 0 Å². The van der Waals surface area contributed by atoms with Crippen molar-refractivity contribution in [3.05, 3.63) is 35.5 Å². The standard InChI is InChI=1S/C21H25N3O4S/c1-5-27-19(25)17-15-12-29-16-9-7-6-8-14(16)18(15)24(22-17)13-10-23(11-13)20(26)28-21(2,3)4/h6-9,13H,5,10-12H2,1-4H3. The zero-order valence-electron chi connectivity index (χ0n) is 17.1. The number of thioether (sulfide) groups is 1. The summed E-state index contributed by atoms with van der Waals surface area (Å²) in [5, 5.41) is 4.65. The van der Waals surface area contributed by atoms with Crippen molar-refractivity contribution in [2.75, 3.05) is 19.7 Å². The van der Waals surface area contributed by atoms with Crippen molar-refractivity contribution in [1.82, 2.24) is 14.7 Å². The molecule has 1 aromatic carbocycles. The Morgan fingerprint density at radius 3 is 2.66 bits per heavy atom. The summed E-state index contributed by atoms with van der Waals surface area (Å²) in [5.41, 5.74) is 2.77. The number of benzene rings is 1. The van der Waals surface area contributed by atoms with Gasteiger partial charge < -0.3 is 14.4 Å². The second-order valence-electron chi connectivity index (χ2n) is 8.16. The molecule has 29 heavy (non-hydrogen) atoms. The smallest absolute Gasteiger partial charge is 0.410 e. The summed E-state index contributed by atoms with van der Waals surface area (Å²) >= 11 is 1.70. The van der Waals surface area contributed by atoms with Crippen LogP contribution in [0.4, 0.5) is 4.79 Å². The average molecular weight is 416 g/mol. The molecule has 1 amide bonds. The minimum atomic E-state index is -0.528. The Morgan fingerprint density at radius 1 is 1.24 bits per heavy atom. The maximum Gasteiger partial charge on any atom is 0.410 e. The molecule has 1 fully saturated rings. The van der Waals surface area contributed by atoms with Gasteiger partial charge in [-0.1, -0.05) is 18.2 Å². The largest absolute Gasteiger partial charge is 0.461 e. The van der Waals surface area contributed by atoms with E-state index in [0.717, 1.165) is 16.8 Å². The van der Waals surface area contributed by atoms with Crippen molar-refractivity contribution in [2.24, 2.45) is 0 Å². The molecule has 154 valence electrons. The minimum Gasteiger partial charge on any atom is -0.461 e. The van der Waals surface area contributed by atoms with Gasteiger partial charge in [0.2, 0.25) is 0 Å². The third-order valence-corrected chi connectivity index (χ3v) is 5.95. The van der Waals surface area contributed by atoms with E-state index < -0.39 is 11.6 Å². The lowest BCUT2D eigenvalue weighted by molar-refractivity contribution is -0.000359. The van der Waals surface area contributed by atoms with E-state index in [4.69, 9.17) is 9.47 Å². The fourth-order valence-corrected chi connectivity index (χ4v) is 4.61. The number of likely N-dealkylation sites (tertiary alicyclic amines) is 1. The van der Waals surface area contributed by atoms with Crippen LogP contribution in [0.1, 0.15) is 49.8 Å². The zero-order chi connectivity index (χ0) is 20.8. The van der Waals surface area contributed by atoms with E-state index in [2.05, 4.69) is 17.2 Å². The number of fused-ring (bicyclic) bond motifs is 3. The lowest BCUT2D eigenvalue weighted by atomic mass is 10.0. The van der Waals surface area contributed by atoms with E-state index in [9.17, 15) is 9.59 Å². The van der Waals surface area contributed by atoms with Gasteiger partial charge in [-0.05, 0) is 33.8 Å². The first-order chi connectivity index (χ1) is 13.8. The molecular weight excluding hydrogens is 390 g/mol. The Kier molecular flexibility index (Phi) is 5.06. The normalized spacial score (nSPS) is 15.9. The Balaban J connectivity index is 1.65. The maximum absolute atomic E-state index is 12.5. The molecule has 1 aromatic heterocycles. The number of hydrogen-bond donors (Lipinski definition) is 0. The molecule has 8 heteroatoms. The fraction of sp³-hybridized carbons (Fsp3) is 0.476. The van der Waals surface area contributed by atoms with Gasteiger partial charge in [-0.25, -0.2) is 9.59 Å². The highest BCUT2D eigenvalue weighted by atomic mass is 32.2. The molecule has 0 saturated carbocycles. The SMILES string of the molecule is CCOC(=O)c1nn(C2CN(C(=O)OC(C)(C)C)C2)c2c1CSc1ccccc1-2. The minimum absolute atomic E-state index is 0.00407. The predicted octanol–water partition coefficient (Wildman–Crippen LogP) is 4.12. The van der Waals surface area contributed by atoms with Crippen LogP contribution in [0.2, 0.25) is 0 Å². The lowest BCUT2D eigenvalue weighted by Crippen LogP contribution is -2.52. The van der Waals surface area contributed by atoms with Crippen molar-refractivity contribution in [3.63, 3.8) is 0 Å². The van der Waals surface area contributed by atoms with Crippen LogP contribution in [0.15, 0.2) is 29.2 Å². The molecular formula is C21H25N3O4S. The second-order valence-corrected chi connectivity index (χ2v) is 9.18. The summed E-state index contributed by atoms with van der Waals surface area (Å²) in [6, 6.07) is 8.13. The topological polar surface area (TPSA) is 73.7 Å². The molecule has 2 aromatic rings. The first-order valence-electron chi connectivity index (χ1n) is 9.77. The average Bonchev–Trinajstić information content (AvgIpc) is 2.99. The Morgan fingerprint density at radius 2 is 1.97 bits per heavy atom. The van der Waals surface area contributed by atoms with Crippen LogP contribution in [0.5, 0.6) is 0 Å². The first-order valence-corrected chi connectivity index (χ1v) is 10.8. The van der Waals surface area contributed by atoms with Crippen molar-refractivity contribution < 1.29 is 19.1 Å². The van der Waals surface area contributed by atoms with Crippen LogP contribution < -0.4 is 0 Å². The van der Waals surface area contributed by atoms with Crippen molar-refractivity contribution in [3.8, 4) is 11.3 Å². The summed E-state index contributed by atoms with van der Waals surface area (Å²) in [7, 11) is 0. The van der Waals surface area contributed by atoms with Gasteiger partial charge in [0, 0.05) is 34.9 Å². The van der Waals surface area contributed by atoms with E-state index in [1.54, 1.807) is 23.6 Å². The number of carbonyl (C=O) groups excluding carboxylic acids is 2. The molecule has 0 spiro atoms. The summed E-state index contributed by atoms with van der Waals surface area (Å²) < 4.78 is 12.6. The number of esters is 1. The summed E-state index contributed by atoms with van der Waals surface area (Å²) in [6.45, 7) is 8.65. The van der Waals surface area contributed by atoms with Crippen molar-refractivity contribution in [1.29, 1.82) is 0 Å². The molecule has 1 saturated heterocycles. The van der Waals surface area contributed by atoms with E-state index in [-0.39, 0.29) is 12.1 Å². The highest BCUT2D eigenvalue weighted by Gasteiger charge is 2.39. The second kappa shape index (κ2) is 7.40. The van der Waals surface area contributed by atoms with Crippen LogP contribution in [0.3, 0.4) is 0 Å². The Labute approximate surface area is 174 Å². The summed E-state index contributed by atoms with van der Waals surface area (Å²) in [5.74, 6) is 0.272. The summed E-state index contributed by atoms with van der Waals surface area (Å²) in [6.07, 6.45) is -0.323. The highest BCUT2D eigenvalue weighted by molar-refractivity contribution is 7.98. The lowest BCUT2D eigenvalue weighted by Gasteiger charge is -2.40. The molecule has 3 heterocycles. The van der Waals surface area contributed by atoms with Crippen molar-refractivity contribution in [2.45, 2.75) is 50.0 Å². The van der Waals surface area contributed by atoms with Gasteiger partial charge in [0.1, 0.15) is 5.60 Å². The highest BCUT2D eigenvalue weighted by Crippen LogP contribution is 2.44. The van der Waals surface area contributed by atoms with Crippen LogP contribution in [0.25, 0.3) is 11.3 Å². The number of amides is 1. The molecule has 2 aliphatic rings. The number of hydrogen-bond acceptors (Lipinski definition) is 6. The number of aromatic nitrogens is 2. The predicted molar refractivity (Wildman–Crippen MR) is 110 cm³/mol. The molecule has 0 aliphatic carbocycles. The van der Waals surface area contributed by atoms with E-state index in [0.29, 0.717) is 31.1 Å². The molecule has 0 atom stereocenters. The molecule has 0 N–H and O–H groups in total. The van der Waals surface area contributed by atoms with Gasteiger partial charge in [-0.15, -0.1) is 11.8 Å². The van der Waals surface area contributed by atoms with Crippen LogP contribution >= 0.6 is 11.8 Å². The number of rotatable bonds is 3. The quantitative estimate of drug-likeness (QED) is 0.702. The monoisotopic (exact) mass is 415 g/mol. The Bertz CT molecular complexity index is 957. The Hall–Kier alpha value is -2.48. The van der Waals surface area contributed by atoms with Gasteiger partial charge >= 0.3 is 12.1 Å². The summed E-state index contributed by atoms with van der Waals surface area (Å²) in [4.78, 5) is 27.6. The molecule has 0 unspecified atom stereocenters. The van der Waals surface area contributed by atoms with Gasteiger partial charge in [-0.2, -0.15) is 5.10 Å². The fourth-order valence-electron chi connectivity index (χ4n) is 3.54. The molecule has 7 nitrogen and oxygen atoms in total. The van der Waals surface area contributed by atoms with Crippen LogP contribution in [-0.4, -0.2) is 52.0 Å². The molecule has 2 aliphatic heterocycles. The molecule has 0 radical (unpaired) electrons. The van der Waals surface area contributed by atoms with Crippen molar-refractivity contribution >= 4 is 23.8 Å². The number of ether oxygens (including phenoxy) is 2. The number of nitrogens with zero attached hydrogens (tertiary/aromatic N) is 3. The zero-order valence-corrected chi connectivity index (χ0v) is 17.9. The third-order valence-electron chi connectivity index (χ3n) is 4.85. The van der Waals surface area contributed by atoms with E-state index >= 15 is 0 Å². The van der Waals surface area contributed by atoms with Gasteiger partial charge in [-0.3, -0.25) is 4.68 Å².